The van der Waals surface area contributed by atoms with Gasteiger partial charge in [-0.05, 0) is 26.7 Å². The van der Waals surface area contributed by atoms with E-state index in [1.807, 2.05) is 4.68 Å². The largest absolute Gasteiger partial charge is 0.312 e. The monoisotopic (exact) mass is 332 g/mol. The Bertz CT molecular complexity index is 772. The fourth-order valence-electron chi connectivity index (χ4n) is 3.28. The molecule has 2 aromatic heterocycles. The molecule has 0 atom stereocenters. The average molecular weight is 332 g/mol. The molecule has 1 aliphatic rings. The normalized spacial score (nSPS) is 14.9. The van der Waals surface area contributed by atoms with Crippen LogP contribution in [0.3, 0.4) is 0 Å². The van der Waals surface area contributed by atoms with Crippen LogP contribution >= 0.6 is 0 Å². The van der Waals surface area contributed by atoms with Gasteiger partial charge in [-0.3, -0.25) is 19.6 Å². The Morgan fingerprint density at radius 3 is 2.75 bits per heavy atom. The number of nitro groups is 1. The first-order valence-electron chi connectivity index (χ1n) is 7.99. The molecule has 1 fully saturated rings. The molecule has 3 rings (SSSR count). The Kier molecular flexibility index (Phi) is 4.32. The number of nitrogens with zero attached hydrogens (tertiary/aromatic N) is 5. The van der Waals surface area contributed by atoms with Crippen LogP contribution < -0.4 is 5.32 Å². The third kappa shape index (κ3) is 3.01. The van der Waals surface area contributed by atoms with Gasteiger partial charge in [-0.2, -0.15) is 10.2 Å². The standard InChI is InChI=1S/C15H20N6O3/c1-10-15(21(23)24)11(2)19(18-10)9-14(22)17-13-7-8-16-20(13)12-5-3-4-6-12/h7-8,12H,3-6,9H2,1-2H3,(H,17,22). The van der Waals surface area contributed by atoms with Gasteiger partial charge in [0, 0.05) is 6.07 Å². The van der Waals surface area contributed by atoms with Gasteiger partial charge in [0.2, 0.25) is 5.91 Å². The lowest BCUT2D eigenvalue weighted by Gasteiger charge is -2.14. The first-order chi connectivity index (χ1) is 11.5. The predicted octanol–water partition coefficient (Wildman–Crippen LogP) is 2.36. The van der Waals surface area contributed by atoms with Crippen LogP contribution in [-0.4, -0.2) is 30.4 Å². The van der Waals surface area contributed by atoms with Crippen molar-refractivity contribution in [2.75, 3.05) is 5.32 Å². The first-order valence-corrected chi connectivity index (χ1v) is 7.99. The van der Waals surface area contributed by atoms with E-state index in [4.69, 9.17) is 0 Å². The van der Waals surface area contributed by atoms with E-state index in [1.165, 1.54) is 17.5 Å². The van der Waals surface area contributed by atoms with Crippen LogP contribution in [0.5, 0.6) is 0 Å². The lowest BCUT2D eigenvalue weighted by atomic mass is 10.2. The van der Waals surface area contributed by atoms with E-state index in [0.717, 1.165) is 12.8 Å². The second kappa shape index (κ2) is 6.42. The summed E-state index contributed by atoms with van der Waals surface area (Å²) in [4.78, 5) is 22.9. The highest BCUT2D eigenvalue weighted by atomic mass is 16.6. The highest BCUT2D eigenvalue weighted by Gasteiger charge is 2.24. The van der Waals surface area contributed by atoms with Crippen LogP contribution in [0.25, 0.3) is 0 Å². The van der Waals surface area contributed by atoms with E-state index in [-0.39, 0.29) is 18.1 Å². The summed E-state index contributed by atoms with van der Waals surface area (Å²) in [5.41, 5.74) is 0.636. The molecule has 9 heteroatoms. The fraction of sp³-hybridized carbons (Fsp3) is 0.533. The minimum atomic E-state index is -0.471. The molecule has 0 saturated heterocycles. The van der Waals surface area contributed by atoms with Crippen molar-refractivity contribution in [2.24, 2.45) is 0 Å². The number of carbonyl (C=O) groups is 1. The van der Waals surface area contributed by atoms with Gasteiger partial charge in [-0.15, -0.1) is 0 Å². The van der Waals surface area contributed by atoms with Crippen molar-refractivity contribution in [3.8, 4) is 0 Å². The van der Waals surface area contributed by atoms with Gasteiger partial charge in [0.25, 0.3) is 0 Å². The minimum absolute atomic E-state index is 0.0428. The zero-order valence-corrected chi connectivity index (χ0v) is 13.7. The van der Waals surface area contributed by atoms with Crippen LogP contribution in [0.15, 0.2) is 12.3 Å². The van der Waals surface area contributed by atoms with E-state index < -0.39 is 4.92 Å². The smallest absolute Gasteiger partial charge is 0.309 e. The van der Waals surface area contributed by atoms with Gasteiger partial charge >= 0.3 is 5.69 Å². The second-order valence-electron chi connectivity index (χ2n) is 6.08. The third-order valence-corrected chi connectivity index (χ3v) is 4.43. The zero-order valence-electron chi connectivity index (χ0n) is 13.7. The van der Waals surface area contributed by atoms with Crippen LogP contribution in [0, 0.1) is 24.0 Å². The molecule has 0 bridgehead atoms. The number of nitrogens with one attached hydrogen (secondary N) is 1. The fourth-order valence-corrected chi connectivity index (χ4v) is 3.28. The summed E-state index contributed by atoms with van der Waals surface area (Å²) in [6, 6.07) is 2.09. The highest BCUT2D eigenvalue weighted by molar-refractivity contribution is 5.89. The predicted molar refractivity (Wildman–Crippen MR) is 86.7 cm³/mol. The van der Waals surface area contributed by atoms with Crippen LogP contribution in [0.2, 0.25) is 0 Å². The number of rotatable bonds is 5. The van der Waals surface area contributed by atoms with Crippen molar-refractivity contribution >= 4 is 17.4 Å². The molecular formula is C15H20N6O3. The summed E-state index contributed by atoms with van der Waals surface area (Å²) in [7, 11) is 0. The molecule has 128 valence electrons. The molecule has 0 aliphatic heterocycles. The molecular weight excluding hydrogens is 312 g/mol. The molecule has 9 nitrogen and oxygen atoms in total. The molecule has 0 spiro atoms. The molecule has 1 aliphatic carbocycles. The number of hydrogen-bond donors (Lipinski definition) is 1. The summed E-state index contributed by atoms with van der Waals surface area (Å²) in [6.07, 6.45) is 6.14. The molecule has 0 unspecified atom stereocenters. The molecule has 24 heavy (non-hydrogen) atoms. The average Bonchev–Trinajstić information content (AvgIpc) is 3.20. The lowest BCUT2D eigenvalue weighted by molar-refractivity contribution is -0.386. The summed E-state index contributed by atoms with van der Waals surface area (Å²) >= 11 is 0. The van der Waals surface area contributed by atoms with Crippen LogP contribution in [0.4, 0.5) is 11.5 Å². The maximum Gasteiger partial charge on any atom is 0.312 e. The van der Waals surface area contributed by atoms with Gasteiger partial charge in [0.1, 0.15) is 23.8 Å². The molecule has 2 aromatic rings. The summed E-state index contributed by atoms with van der Waals surface area (Å²) < 4.78 is 3.22. The first kappa shape index (κ1) is 16.2. The summed E-state index contributed by atoms with van der Waals surface area (Å²) in [6.45, 7) is 3.08. The minimum Gasteiger partial charge on any atom is -0.309 e. The Hall–Kier alpha value is -2.71. The molecule has 0 aromatic carbocycles. The van der Waals surface area contributed by atoms with Crippen molar-refractivity contribution in [1.82, 2.24) is 19.6 Å². The molecule has 0 radical (unpaired) electrons. The Morgan fingerprint density at radius 1 is 1.42 bits per heavy atom. The van der Waals surface area contributed by atoms with Crippen molar-refractivity contribution < 1.29 is 9.72 Å². The van der Waals surface area contributed by atoms with Gasteiger partial charge in [-0.25, -0.2) is 4.68 Å². The number of carbonyl (C=O) groups excluding carboxylic acids is 1. The zero-order chi connectivity index (χ0) is 17.3. The molecule has 1 N–H and O–H groups in total. The number of hydrogen-bond acceptors (Lipinski definition) is 5. The Labute approximate surface area is 138 Å². The van der Waals surface area contributed by atoms with Gasteiger partial charge in [0.15, 0.2) is 0 Å². The van der Waals surface area contributed by atoms with Crippen molar-refractivity contribution in [1.29, 1.82) is 0 Å². The molecule has 2 heterocycles. The maximum absolute atomic E-state index is 12.3. The van der Waals surface area contributed by atoms with Gasteiger partial charge in [-0.1, -0.05) is 12.8 Å². The van der Waals surface area contributed by atoms with Gasteiger partial charge in [0.05, 0.1) is 17.2 Å². The van der Waals surface area contributed by atoms with Crippen LogP contribution in [-0.2, 0) is 11.3 Å². The van der Waals surface area contributed by atoms with Crippen molar-refractivity contribution in [3.63, 3.8) is 0 Å². The molecule has 1 amide bonds. The number of aryl methyl sites for hydroxylation is 1. The lowest BCUT2D eigenvalue weighted by Crippen LogP contribution is -2.23. The number of amides is 1. The quantitative estimate of drug-likeness (QED) is 0.668. The highest BCUT2D eigenvalue weighted by Crippen LogP contribution is 2.31. The summed E-state index contributed by atoms with van der Waals surface area (Å²) in [5.74, 6) is 0.373. The van der Waals surface area contributed by atoms with E-state index in [9.17, 15) is 14.9 Å². The van der Waals surface area contributed by atoms with E-state index >= 15 is 0 Å². The van der Waals surface area contributed by atoms with E-state index in [0.29, 0.717) is 23.2 Å². The van der Waals surface area contributed by atoms with Gasteiger partial charge < -0.3 is 5.32 Å². The maximum atomic E-state index is 12.3. The van der Waals surface area contributed by atoms with Crippen molar-refractivity contribution in [2.45, 2.75) is 52.1 Å². The second-order valence-corrected chi connectivity index (χ2v) is 6.08. The SMILES string of the molecule is Cc1nn(CC(=O)Nc2ccnn2C2CCCC2)c(C)c1[N+](=O)[O-]. The Morgan fingerprint density at radius 2 is 2.12 bits per heavy atom. The van der Waals surface area contributed by atoms with Crippen LogP contribution in [0.1, 0.15) is 43.1 Å². The Balaban J connectivity index is 1.72. The third-order valence-electron chi connectivity index (χ3n) is 4.43. The van der Waals surface area contributed by atoms with Crippen molar-refractivity contribution in [3.05, 3.63) is 33.8 Å². The number of anilines is 1. The van der Waals surface area contributed by atoms with E-state index in [2.05, 4.69) is 15.5 Å². The topological polar surface area (TPSA) is 108 Å². The van der Waals surface area contributed by atoms with E-state index in [1.54, 1.807) is 26.1 Å². The number of aromatic nitrogens is 4. The molecule has 1 saturated carbocycles. The summed E-state index contributed by atoms with van der Waals surface area (Å²) in [5, 5.41) is 22.3.